The molecule has 0 heterocycles. The lowest BCUT2D eigenvalue weighted by Gasteiger charge is -2.16. The van der Waals surface area contributed by atoms with E-state index in [1.54, 1.807) is 0 Å². The lowest BCUT2D eigenvalue weighted by molar-refractivity contribution is 1.45. The van der Waals surface area contributed by atoms with Crippen molar-refractivity contribution in [1.29, 1.82) is 0 Å². The Kier molecular flexibility index (Phi) is 7.91. The lowest BCUT2D eigenvalue weighted by Crippen LogP contribution is -1.92. The maximum atomic E-state index is 3.59. The van der Waals surface area contributed by atoms with E-state index < -0.39 is 0 Å². The summed E-state index contributed by atoms with van der Waals surface area (Å²) in [7, 11) is 0. The summed E-state index contributed by atoms with van der Waals surface area (Å²) < 4.78 is 0. The number of aryl methyl sites for hydroxylation is 3. The summed E-state index contributed by atoms with van der Waals surface area (Å²) in [5, 5.41) is 12.2. The summed E-state index contributed by atoms with van der Waals surface area (Å²) in [6.07, 6.45) is 0. The number of hydrogen-bond acceptors (Lipinski definition) is 2. The zero-order valence-electron chi connectivity index (χ0n) is 28.1. The molecule has 0 saturated carbocycles. The summed E-state index contributed by atoms with van der Waals surface area (Å²) in [6.45, 7) is 6.47. The lowest BCUT2D eigenvalue weighted by atomic mass is 9.88. The molecule has 0 aliphatic carbocycles. The molecule has 8 aromatic rings. The molecule has 0 spiro atoms. The predicted molar refractivity (Wildman–Crippen MR) is 211 cm³/mol. The van der Waals surface area contributed by atoms with Gasteiger partial charge in [0.15, 0.2) is 0 Å². The van der Waals surface area contributed by atoms with Crippen LogP contribution in [0.1, 0.15) is 16.7 Å². The van der Waals surface area contributed by atoms with Gasteiger partial charge < -0.3 is 10.6 Å². The standard InChI is InChI=1S/C47H38N2/c1-31-9-4-14-40(25-31)48-42-16-6-12-36(27-42)38-23-21-34-11-8-18-44(45(34)29-38)47-33(3)19-20-35-22-24-39(30-46(35)47)37-13-7-17-43(28-37)49-41-15-5-10-32(2)26-41/h4-30,48-49H,1-3H3. The minimum absolute atomic E-state index is 1.08. The van der Waals surface area contributed by atoms with Gasteiger partial charge in [0.2, 0.25) is 0 Å². The Morgan fingerprint density at radius 2 is 0.796 bits per heavy atom. The van der Waals surface area contributed by atoms with Crippen molar-refractivity contribution in [2.24, 2.45) is 0 Å². The van der Waals surface area contributed by atoms with E-state index in [1.807, 2.05) is 0 Å². The largest absolute Gasteiger partial charge is 0.356 e. The van der Waals surface area contributed by atoms with Crippen LogP contribution < -0.4 is 10.6 Å². The van der Waals surface area contributed by atoms with E-state index >= 15 is 0 Å². The van der Waals surface area contributed by atoms with Crippen LogP contribution in [0.5, 0.6) is 0 Å². The van der Waals surface area contributed by atoms with E-state index in [0.717, 1.165) is 22.7 Å². The molecule has 0 atom stereocenters. The van der Waals surface area contributed by atoms with E-state index in [-0.39, 0.29) is 0 Å². The zero-order valence-corrected chi connectivity index (χ0v) is 28.1. The van der Waals surface area contributed by atoms with Gasteiger partial charge in [-0.3, -0.25) is 0 Å². The molecule has 236 valence electrons. The Balaban J connectivity index is 1.20. The molecule has 2 nitrogen and oxygen atoms in total. The van der Waals surface area contributed by atoms with Gasteiger partial charge in [-0.05, 0) is 153 Å². The molecule has 0 fully saturated rings. The minimum atomic E-state index is 1.08. The molecule has 49 heavy (non-hydrogen) atoms. The number of anilines is 4. The summed E-state index contributed by atoms with van der Waals surface area (Å²) in [5.74, 6) is 0. The average molecular weight is 631 g/mol. The Labute approximate surface area is 288 Å². The van der Waals surface area contributed by atoms with Crippen LogP contribution in [0, 0.1) is 20.8 Å². The highest BCUT2D eigenvalue weighted by Crippen LogP contribution is 2.40. The van der Waals surface area contributed by atoms with Crippen LogP contribution in [0.3, 0.4) is 0 Å². The molecular weight excluding hydrogens is 593 g/mol. The SMILES string of the molecule is Cc1cccc(Nc2cccc(-c3ccc4cccc(-c5c(C)ccc6ccc(-c7cccc(Nc8cccc(C)c8)c7)cc56)c4c3)c2)c1. The number of rotatable bonds is 7. The van der Waals surface area contributed by atoms with Gasteiger partial charge in [0.05, 0.1) is 0 Å². The molecule has 2 heteroatoms. The van der Waals surface area contributed by atoms with Crippen LogP contribution in [0.4, 0.5) is 22.7 Å². The molecule has 0 unspecified atom stereocenters. The predicted octanol–water partition coefficient (Wildman–Crippen LogP) is 13.4. The third kappa shape index (κ3) is 6.29. The van der Waals surface area contributed by atoms with Gasteiger partial charge in [0.1, 0.15) is 0 Å². The fraction of sp³-hybridized carbons (Fsp3) is 0.0638. The van der Waals surface area contributed by atoms with Crippen molar-refractivity contribution < 1.29 is 0 Å². The van der Waals surface area contributed by atoms with Crippen LogP contribution in [-0.2, 0) is 0 Å². The molecule has 8 aromatic carbocycles. The Morgan fingerprint density at radius 3 is 1.37 bits per heavy atom. The monoisotopic (exact) mass is 630 g/mol. The Morgan fingerprint density at radius 1 is 0.347 bits per heavy atom. The van der Waals surface area contributed by atoms with Gasteiger partial charge in [-0.1, -0.05) is 103 Å². The maximum Gasteiger partial charge on any atom is 0.0390 e. The van der Waals surface area contributed by atoms with E-state index in [9.17, 15) is 0 Å². The topological polar surface area (TPSA) is 24.1 Å². The van der Waals surface area contributed by atoms with Crippen LogP contribution in [0.2, 0.25) is 0 Å². The van der Waals surface area contributed by atoms with Crippen molar-refractivity contribution in [3.8, 4) is 33.4 Å². The highest BCUT2D eigenvalue weighted by Gasteiger charge is 2.14. The quantitative estimate of drug-likeness (QED) is 0.183. The summed E-state index contributed by atoms with van der Waals surface area (Å²) in [4.78, 5) is 0. The molecule has 8 rings (SSSR count). The highest BCUT2D eigenvalue weighted by atomic mass is 14.9. The molecule has 0 amide bonds. The van der Waals surface area contributed by atoms with Crippen LogP contribution >= 0.6 is 0 Å². The molecule has 0 radical (unpaired) electrons. The fourth-order valence-electron chi connectivity index (χ4n) is 6.97. The maximum absolute atomic E-state index is 3.59. The first kappa shape index (κ1) is 30.2. The molecular formula is C47H38N2. The van der Waals surface area contributed by atoms with E-state index in [4.69, 9.17) is 0 Å². The smallest absolute Gasteiger partial charge is 0.0390 e. The molecule has 2 N–H and O–H groups in total. The molecule has 0 saturated heterocycles. The Hall–Kier alpha value is -6.12. The van der Waals surface area contributed by atoms with Gasteiger partial charge in [0, 0.05) is 22.7 Å². The van der Waals surface area contributed by atoms with Crippen LogP contribution in [0.25, 0.3) is 54.9 Å². The summed E-state index contributed by atoms with van der Waals surface area (Å²) in [5.41, 5.74) is 15.4. The molecule has 0 aliphatic heterocycles. The number of benzene rings is 8. The van der Waals surface area contributed by atoms with E-state index in [1.165, 1.54) is 71.6 Å². The summed E-state index contributed by atoms with van der Waals surface area (Å²) >= 11 is 0. The van der Waals surface area contributed by atoms with E-state index in [0.29, 0.717) is 0 Å². The van der Waals surface area contributed by atoms with Crippen molar-refractivity contribution >= 4 is 44.3 Å². The molecule has 0 aliphatic rings. The summed E-state index contributed by atoms with van der Waals surface area (Å²) in [6, 6.07) is 59.3. The second-order valence-corrected chi connectivity index (χ2v) is 13.1. The molecule has 0 bridgehead atoms. The Bertz CT molecular complexity index is 2490. The minimum Gasteiger partial charge on any atom is -0.356 e. The van der Waals surface area contributed by atoms with Gasteiger partial charge in [0.25, 0.3) is 0 Å². The van der Waals surface area contributed by atoms with Crippen molar-refractivity contribution in [2.45, 2.75) is 20.8 Å². The first-order chi connectivity index (χ1) is 24.0. The fourth-order valence-corrected chi connectivity index (χ4v) is 6.97. The second-order valence-electron chi connectivity index (χ2n) is 13.1. The average Bonchev–Trinajstić information content (AvgIpc) is 3.11. The van der Waals surface area contributed by atoms with Crippen LogP contribution in [-0.4, -0.2) is 0 Å². The third-order valence-electron chi connectivity index (χ3n) is 9.39. The van der Waals surface area contributed by atoms with Crippen molar-refractivity contribution in [1.82, 2.24) is 0 Å². The number of nitrogens with one attached hydrogen (secondary N) is 2. The van der Waals surface area contributed by atoms with E-state index in [2.05, 4.69) is 195 Å². The highest BCUT2D eigenvalue weighted by molar-refractivity contribution is 6.08. The van der Waals surface area contributed by atoms with Gasteiger partial charge in [-0.15, -0.1) is 0 Å². The first-order valence-corrected chi connectivity index (χ1v) is 16.9. The van der Waals surface area contributed by atoms with Gasteiger partial charge in [-0.25, -0.2) is 0 Å². The van der Waals surface area contributed by atoms with Gasteiger partial charge in [-0.2, -0.15) is 0 Å². The van der Waals surface area contributed by atoms with Crippen molar-refractivity contribution in [3.63, 3.8) is 0 Å². The first-order valence-electron chi connectivity index (χ1n) is 16.9. The zero-order chi connectivity index (χ0) is 33.3. The molecule has 0 aromatic heterocycles. The number of hydrogen-bond donors (Lipinski definition) is 2. The third-order valence-corrected chi connectivity index (χ3v) is 9.39. The van der Waals surface area contributed by atoms with Gasteiger partial charge >= 0.3 is 0 Å². The number of fused-ring (bicyclic) bond motifs is 2. The second kappa shape index (κ2) is 12.8. The van der Waals surface area contributed by atoms with Crippen molar-refractivity contribution in [3.05, 3.63) is 180 Å². The normalized spacial score (nSPS) is 11.2. The van der Waals surface area contributed by atoms with Crippen molar-refractivity contribution in [2.75, 3.05) is 10.6 Å². The van der Waals surface area contributed by atoms with Crippen LogP contribution in [0.15, 0.2) is 164 Å².